The number of hydrogen-bond acceptors (Lipinski definition) is 2. The van der Waals surface area contributed by atoms with E-state index in [4.69, 9.17) is 0 Å². The predicted octanol–water partition coefficient (Wildman–Crippen LogP) is 1.88. The van der Waals surface area contributed by atoms with Crippen LogP contribution in [0.1, 0.15) is 41.0 Å². The second-order valence-corrected chi connectivity index (χ2v) is 6.11. The molecular formula is C13H26N2O. The van der Waals surface area contributed by atoms with Crippen molar-refractivity contribution in [1.29, 1.82) is 0 Å². The van der Waals surface area contributed by atoms with Gasteiger partial charge in [-0.15, -0.1) is 0 Å². The SMILES string of the molecule is CC1CNCCN1C(=O)CC(C)C(C)(C)C. The molecule has 1 N–H and O–H groups in total. The number of nitrogens with zero attached hydrogens (tertiary/aromatic N) is 1. The highest BCUT2D eigenvalue weighted by Gasteiger charge is 2.28. The molecule has 2 atom stereocenters. The highest BCUT2D eigenvalue weighted by molar-refractivity contribution is 5.77. The Bertz CT molecular complexity index is 245. The van der Waals surface area contributed by atoms with Gasteiger partial charge in [0.15, 0.2) is 0 Å². The molecule has 0 saturated carbocycles. The summed E-state index contributed by atoms with van der Waals surface area (Å²) in [5, 5.41) is 3.31. The van der Waals surface area contributed by atoms with Gasteiger partial charge in [0.1, 0.15) is 0 Å². The van der Waals surface area contributed by atoms with E-state index in [1.54, 1.807) is 0 Å². The molecule has 1 aliphatic rings. The van der Waals surface area contributed by atoms with E-state index < -0.39 is 0 Å². The maximum atomic E-state index is 12.2. The van der Waals surface area contributed by atoms with Gasteiger partial charge < -0.3 is 10.2 Å². The molecule has 0 aromatic heterocycles. The average molecular weight is 226 g/mol. The van der Waals surface area contributed by atoms with Crippen molar-refractivity contribution in [2.24, 2.45) is 11.3 Å². The van der Waals surface area contributed by atoms with Gasteiger partial charge in [0.25, 0.3) is 0 Å². The topological polar surface area (TPSA) is 32.3 Å². The van der Waals surface area contributed by atoms with Crippen LogP contribution in [0.2, 0.25) is 0 Å². The minimum absolute atomic E-state index is 0.215. The van der Waals surface area contributed by atoms with E-state index in [0.29, 0.717) is 24.3 Å². The Morgan fingerprint density at radius 1 is 1.50 bits per heavy atom. The first-order chi connectivity index (χ1) is 7.32. The third-order valence-corrected chi connectivity index (χ3v) is 3.78. The van der Waals surface area contributed by atoms with Gasteiger partial charge in [0.05, 0.1) is 0 Å². The molecule has 0 aromatic carbocycles. The van der Waals surface area contributed by atoms with Crippen LogP contribution in [0.4, 0.5) is 0 Å². The van der Waals surface area contributed by atoms with Crippen LogP contribution >= 0.6 is 0 Å². The first kappa shape index (κ1) is 13.5. The molecule has 0 radical (unpaired) electrons. The Hall–Kier alpha value is -0.570. The standard InChI is InChI=1S/C13H26N2O/c1-10(13(3,4)5)8-12(16)15-7-6-14-9-11(15)2/h10-11,14H,6-9H2,1-5H3. The van der Waals surface area contributed by atoms with Crippen molar-refractivity contribution < 1.29 is 4.79 Å². The van der Waals surface area contributed by atoms with Crippen LogP contribution in [-0.4, -0.2) is 36.5 Å². The van der Waals surface area contributed by atoms with Crippen LogP contribution in [0.25, 0.3) is 0 Å². The summed E-state index contributed by atoms with van der Waals surface area (Å²) in [6.07, 6.45) is 0.674. The number of rotatable bonds is 2. The molecule has 0 spiro atoms. The molecule has 0 aliphatic carbocycles. The molecule has 1 amide bonds. The fraction of sp³-hybridized carbons (Fsp3) is 0.923. The molecule has 3 heteroatoms. The predicted molar refractivity (Wildman–Crippen MR) is 67.3 cm³/mol. The van der Waals surface area contributed by atoms with Gasteiger partial charge in [-0.2, -0.15) is 0 Å². The van der Waals surface area contributed by atoms with Crippen LogP contribution in [0, 0.1) is 11.3 Å². The summed E-state index contributed by atoms with van der Waals surface area (Å²) in [5.74, 6) is 0.749. The van der Waals surface area contributed by atoms with E-state index in [1.807, 2.05) is 4.90 Å². The first-order valence-electron chi connectivity index (χ1n) is 6.32. The lowest BCUT2D eigenvalue weighted by molar-refractivity contribution is -0.135. The lowest BCUT2D eigenvalue weighted by atomic mass is 9.80. The normalized spacial score (nSPS) is 24.3. The van der Waals surface area contributed by atoms with Gasteiger partial charge in [0.2, 0.25) is 5.91 Å². The van der Waals surface area contributed by atoms with Gasteiger partial charge in [0, 0.05) is 32.1 Å². The van der Waals surface area contributed by atoms with Crippen LogP contribution in [0.3, 0.4) is 0 Å². The number of amides is 1. The number of hydrogen-bond donors (Lipinski definition) is 1. The number of piperazine rings is 1. The largest absolute Gasteiger partial charge is 0.337 e. The second-order valence-electron chi connectivity index (χ2n) is 6.11. The lowest BCUT2D eigenvalue weighted by Crippen LogP contribution is -2.52. The van der Waals surface area contributed by atoms with E-state index in [2.05, 4.69) is 39.9 Å². The monoisotopic (exact) mass is 226 g/mol. The Labute approximate surface area is 99.6 Å². The van der Waals surface area contributed by atoms with Crippen LogP contribution in [-0.2, 0) is 4.79 Å². The second kappa shape index (κ2) is 5.17. The fourth-order valence-corrected chi connectivity index (χ4v) is 1.90. The Morgan fingerprint density at radius 3 is 2.62 bits per heavy atom. The van der Waals surface area contributed by atoms with E-state index in [0.717, 1.165) is 19.6 Å². The van der Waals surface area contributed by atoms with E-state index >= 15 is 0 Å². The zero-order valence-corrected chi connectivity index (χ0v) is 11.3. The Morgan fingerprint density at radius 2 is 2.12 bits per heavy atom. The lowest BCUT2D eigenvalue weighted by Gasteiger charge is -2.36. The third kappa shape index (κ3) is 3.48. The van der Waals surface area contributed by atoms with Gasteiger partial charge in [-0.1, -0.05) is 27.7 Å². The molecule has 0 bridgehead atoms. The molecule has 1 rings (SSSR count). The van der Waals surface area contributed by atoms with Crippen molar-refractivity contribution in [1.82, 2.24) is 10.2 Å². The maximum absolute atomic E-state index is 12.2. The molecular weight excluding hydrogens is 200 g/mol. The summed E-state index contributed by atoms with van der Waals surface area (Å²) in [7, 11) is 0. The van der Waals surface area contributed by atoms with Crippen LogP contribution in [0.5, 0.6) is 0 Å². The van der Waals surface area contributed by atoms with Crippen molar-refractivity contribution in [3.63, 3.8) is 0 Å². The van der Waals surface area contributed by atoms with E-state index in [1.165, 1.54) is 0 Å². The highest BCUT2D eigenvalue weighted by atomic mass is 16.2. The van der Waals surface area contributed by atoms with Crippen molar-refractivity contribution in [2.75, 3.05) is 19.6 Å². The Kier molecular flexibility index (Phi) is 4.36. The molecule has 1 heterocycles. The molecule has 0 aromatic rings. The summed E-state index contributed by atoms with van der Waals surface area (Å²) < 4.78 is 0. The fourth-order valence-electron chi connectivity index (χ4n) is 1.90. The minimum atomic E-state index is 0.215. The average Bonchev–Trinajstić information content (AvgIpc) is 2.16. The number of carbonyl (C=O) groups is 1. The van der Waals surface area contributed by atoms with Crippen molar-refractivity contribution in [3.8, 4) is 0 Å². The quantitative estimate of drug-likeness (QED) is 0.779. The maximum Gasteiger partial charge on any atom is 0.223 e. The van der Waals surface area contributed by atoms with E-state index in [-0.39, 0.29) is 5.41 Å². The molecule has 1 saturated heterocycles. The Balaban J connectivity index is 2.51. The zero-order chi connectivity index (χ0) is 12.3. The summed E-state index contributed by atoms with van der Waals surface area (Å²) in [5.41, 5.74) is 0.215. The van der Waals surface area contributed by atoms with Crippen molar-refractivity contribution >= 4 is 5.91 Å². The minimum Gasteiger partial charge on any atom is -0.337 e. The number of carbonyl (C=O) groups excluding carboxylic acids is 1. The summed E-state index contributed by atoms with van der Waals surface area (Å²) in [6, 6.07) is 0.341. The molecule has 2 unspecified atom stereocenters. The summed E-state index contributed by atoms with van der Waals surface area (Å²) >= 11 is 0. The molecule has 1 aliphatic heterocycles. The van der Waals surface area contributed by atoms with Gasteiger partial charge in [-0.05, 0) is 18.3 Å². The third-order valence-electron chi connectivity index (χ3n) is 3.78. The molecule has 1 fully saturated rings. The van der Waals surface area contributed by atoms with Gasteiger partial charge >= 0.3 is 0 Å². The molecule has 94 valence electrons. The number of nitrogens with one attached hydrogen (secondary N) is 1. The van der Waals surface area contributed by atoms with Gasteiger partial charge in [-0.3, -0.25) is 4.79 Å². The van der Waals surface area contributed by atoms with Crippen molar-refractivity contribution in [3.05, 3.63) is 0 Å². The molecule has 16 heavy (non-hydrogen) atoms. The zero-order valence-electron chi connectivity index (χ0n) is 11.3. The smallest absolute Gasteiger partial charge is 0.223 e. The first-order valence-corrected chi connectivity index (χ1v) is 6.32. The van der Waals surface area contributed by atoms with Crippen LogP contribution in [0.15, 0.2) is 0 Å². The van der Waals surface area contributed by atoms with Crippen molar-refractivity contribution in [2.45, 2.75) is 47.1 Å². The highest BCUT2D eigenvalue weighted by Crippen LogP contribution is 2.28. The molecule has 3 nitrogen and oxygen atoms in total. The van der Waals surface area contributed by atoms with Crippen LogP contribution < -0.4 is 5.32 Å². The summed E-state index contributed by atoms with van der Waals surface area (Å²) in [6.45, 7) is 13.6. The van der Waals surface area contributed by atoms with Gasteiger partial charge in [-0.25, -0.2) is 0 Å². The van der Waals surface area contributed by atoms with E-state index in [9.17, 15) is 4.79 Å². The summed E-state index contributed by atoms with van der Waals surface area (Å²) in [4.78, 5) is 14.2.